The van der Waals surface area contributed by atoms with Crippen molar-refractivity contribution in [3.05, 3.63) is 0 Å². The molecule has 0 aliphatic carbocycles. The number of nitrogens with zero attached hydrogens (tertiary/aromatic N) is 5. The molecule has 1 aromatic rings. The van der Waals surface area contributed by atoms with E-state index >= 15 is 0 Å². The van der Waals surface area contributed by atoms with E-state index in [1.165, 1.54) is 0 Å². The number of hydrogen-bond donors (Lipinski definition) is 1. The van der Waals surface area contributed by atoms with E-state index < -0.39 is 0 Å². The van der Waals surface area contributed by atoms with Gasteiger partial charge < -0.3 is 15.4 Å². The molecule has 0 radical (unpaired) electrons. The second kappa shape index (κ2) is 5.70. The van der Waals surface area contributed by atoms with Crippen LogP contribution in [-0.2, 0) is 0 Å². The first kappa shape index (κ1) is 12.0. The summed E-state index contributed by atoms with van der Waals surface area (Å²) in [6.45, 7) is 2.83. The van der Waals surface area contributed by atoms with E-state index in [0.717, 1.165) is 0 Å². The summed E-state index contributed by atoms with van der Waals surface area (Å²) < 4.78 is 5.15. The van der Waals surface area contributed by atoms with Crippen LogP contribution in [0, 0.1) is 11.3 Å². The molecule has 0 unspecified atom stereocenters. The van der Waals surface area contributed by atoms with Crippen LogP contribution in [0.5, 0.6) is 6.01 Å². The number of aromatic nitrogens is 3. The Hall–Kier alpha value is -2.10. The molecule has 7 heteroatoms. The van der Waals surface area contributed by atoms with Crippen molar-refractivity contribution in [2.45, 2.75) is 13.3 Å². The van der Waals surface area contributed by atoms with E-state index in [4.69, 9.17) is 15.7 Å². The van der Waals surface area contributed by atoms with Gasteiger partial charge in [-0.2, -0.15) is 20.2 Å². The Kier molecular flexibility index (Phi) is 4.27. The minimum absolute atomic E-state index is 0.109. The highest BCUT2D eigenvalue weighted by Gasteiger charge is 2.08. The van der Waals surface area contributed by atoms with Crippen LogP contribution in [-0.4, -0.2) is 35.2 Å². The Morgan fingerprint density at radius 1 is 1.44 bits per heavy atom. The number of nitrogens with two attached hydrogens (primary N) is 1. The molecule has 0 saturated carbocycles. The highest BCUT2D eigenvalue weighted by Crippen LogP contribution is 2.12. The van der Waals surface area contributed by atoms with Crippen molar-refractivity contribution in [2.24, 2.45) is 0 Å². The minimum atomic E-state index is 0.109. The van der Waals surface area contributed by atoms with Crippen LogP contribution in [0.1, 0.15) is 13.3 Å². The number of ether oxygens (including phenoxy) is 1. The molecule has 0 aromatic carbocycles. The Bertz CT molecular complexity index is 388. The summed E-state index contributed by atoms with van der Waals surface area (Å²) in [6.07, 6.45) is 0.395. The molecular weight excluding hydrogens is 208 g/mol. The third-order valence-corrected chi connectivity index (χ3v) is 1.79. The predicted octanol–water partition coefficient (Wildman–Crippen LogP) is 0.202. The molecule has 86 valence electrons. The molecule has 0 bridgehead atoms. The maximum absolute atomic E-state index is 8.48. The van der Waals surface area contributed by atoms with E-state index in [1.54, 1.807) is 11.9 Å². The summed E-state index contributed by atoms with van der Waals surface area (Å²) >= 11 is 0. The average Bonchev–Trinajstić information content (AvgIpc) is 2.25. The van der Waals surface area contributed by atoms with Gasteiger partial charge in [0.05, 0.1) is 19.1 Å². The second-order valence-corrected chi connectivity index (χ2v) is 3.04. The zero-order valence-electron chi connectivity index (χ0n) is 9.34. The molecule has 1 rings (SSSR count). The van der Waals surface area contributed by atoms with Gasteiger partial charge in [0.1, 0.15) is 0 Å². The van der Waals surface area contributed by atoms with Crippen LogP contribution in [0.3, 0.4) is 0 Å². The third kappa shape index (κ3) is 3.24. The summed E-state index contributed by atoms with van der Waals surface area (Å²) in [6, 6.07) is 2.25. The molecule has 0 atom stereocenters. The van der Waals surface area contributed by atoms with Gasteiger partial charge in [0.2, 0.25) is 11.9 Å². The van der Waals surface area contributed by atoms with E-state index in [9.17, 15) is 0 Å². The lowest BCUT2D eigenvalue weighted by Crippen LogP contribution is -2.22. The van der Waals surface area contributed by atoms with Gasteiger partial charge in [0.15, 0.2) is 0 Å². The van der Waals surface area contributed by atoms with Crippen LogP contribution in [0.4, 0.5) is 11.9 Å². The summed E-state index contributed by atoms with van der Waals surface area (Å²) in [5.41, 5.74) is 5.52. The molecule has 0 aliphatic rings. The number of hydrogen-bond acceptors (Lipinski definition) is 7. The van der Waals surface area contributed by atoms with Crippen LogP contribution in [0.25, 0.3) is 0 Å². The lowest BCUT2D eigenvalue weighted by molar-refractivity contribution is 0.312. The third-order valence-electron chi connectivity index (χ3n) is 1.79. The van der Waals surface area contributed by atoms with Crippen molar-refractivity contribution in [2.75, 3.05) is 30.8 Å². The highest BCUT2D eigenvalue weighted by molar-refractivity contribution is 5.34. The standard InChI is InChI=1S/C9H14N6O/c1-3-16-9-13-7(11)12-8(14-9)15(2)6-4-5-10/h3-4,6H2,1-2H3,(H2,11,12,13,14). The summed E-state index contributed by atoms with van der Waals surface area (Å²) in [7, 11) is 1.78. The van der Waals surface area contributed by atoms with Gasteiger partial charge in [0.25, 0.3) is 0 Å². The number of anilines is 2. The van der Waals surface area contributed by atoms with Crippen LogP contribution >= 0.6 is 0 Å². The SMILES string of the molecule is CCOc1nc(N)nc(N(C)CCC#N)n1. The lowest BCUT2D eigenvalue weighted by Gasteiger charge is -2.15. The molecule has 16 heavy (non-hydrogen) atoms. The van der Waals surface area contributed by atoms with Gasteiger partial charge in [0, 0.05) is 13.6 Å². The molecule has 7 nitrogen and oxygen atoms in total. The number of nitriles is 1. The Morgan fingerprint density at radius 3 is 2.81 bits per heavy atom. The van der Waals surface area contributed by atoms with Crippen molar-refractivity contribution in [3.8, 4) is 12.1 Å². The fourth-order valence-electron chi connectivity index (χ4n) is 1.04. The first-order valence-electron chi connectivity index (χ1n) is 4.89. The van der Waals surface area contributed by atoms with Gasteiger partial charge in [-0.15, -0.1) is 0 Å². The molecule has 0 amide bonds. The highest BCUT2D eigenvalue weighted by atomic mass is 16.5. The topological polar surface area (TPSA) is 101 Å². The average molecular weight is 222 g/mol. The van der Waals surface area contributed by atoms with E-state index in [0.29, 0.717) is 25.5 Å². The van der Waals surface area contributed by atoms with Gasteiger partial charge in [-0.05, 0) is 6.92 Å². The van der Waals surface area contributed by atoms with Crippen molar-refractivity contribution in [1.29, 1.82) is 5.26 Å². The predicted molar refractivity (Wildman–Crippen MR) is 58.9 cm³/mol. The molecule has 0 saturated heterocycles. The largest absolute Gasteiger partial charge is 0.464 e. The Balaban J connectivity index is 2.82. The molecule has 2 N–H and O–H groups in total. The molecule has 1 heterocycles. The first-order valence-corrected chi connectivity index (χ1v) is 4.89. The fourth-order valence-corrected chi connectivity index (χ4v) is 1.04. The maximum atomic E-state index is 8.48. The minimum Gasteiger partial charge on any atom is -0.464 e. The van der Waals surface area contributed by atoms with Crippen LogP contribution in [0.15, 0.2) is 0 Å². The summed E-state index contributed by atoms with van der Waals surface area (Å²) in [5, 5.41) is 8.48. The summed E-state index contributed by atoms with van der Waals surface area (Å²) in [5.74, 6) is 0.517. The van der Waals surface area contributed by atoms with Crippen molar-refractivity contribution < 1.29 is 4.74 Å². The van der Waals surface area contributed by atoms with Crippen molar-refractivity contribution in [1.82, 2.24) is 15.0 Å². The Morgan fingerprint density at radius 2 is 2.19 bits per heavy atom. The Labute approximate surface area is 93.9 Å². The zero-order chi connectivity index (χ0) is 12.0. The van der Waals surface area contributed by atoms with Gasteiger partial charge in [-0.1, -0.05) is 0 Å². The van der Waals surface area contributed by atoms with E-state index in [2.05, 4.69) is 15.0 Å². The van der Waals surface area contributed by atoms with Crippen LogP contribution < -0.4 is 15.4 Å². The van der Waals surface area contributed by atoms with E-state index in [-0.39, 0.29) is 12.0 Å². The monoisotopic (exact) mass is 222 g/mol. The van der Waals surface area contributed by atoms with Gasteiger partial charge >= 0.3 is 6.01 Å². The van der Waals surface area contributed by atoms with Crippen molar-refractivity contribution >= 4 is 11.9 Å². The lowest BCUT2D eigenvalue weighted by atomic mass is 10.4. The number of rotatable bonds is 5. The van der Waals surface area contributed by atoms with E-state index in [1.807, 2.05) is 13.0 Å². The molecule has 0 aliphatic heterocycles. The van der Waals surface area contributed by atoms with Crippen LogP contribution in [0.2, 0.25) is 0 Å². The summed E-state index contributed by atoms with van der Waals surface area (Å²) in [4.78, 5) is 13.6. The van der Waals surface area contributed by atoms with Gasteiger partial charge in [-0.3, -0.25) is 0 Å². The zero-order valence-corrected chi connectivity index (χ0v) is 9.34. The van der Waals surface area contributed by atoms with Gasteiger partial charge in [-0.25, -0.2) is 0 Å². The smallest absolute Gasteiger partial charge is 0.323 e. The molecule has 0 fully saturated rings. The maximum Gasteiger partial charge on any atom is 0.323 e. The normalized spacial score (nSPS) is 9.56. The quantitative estimate of drug-likeness (QED) is 0.759. The van der Waals surface area contributed by atoms with Crippen molar-refractivity contribution in [3.63, 3.8) is 0 Å². The molecular formula is C9H14N6O. The molecule has 1 aromatic heterocycles. The fraction of sp³-hybridized carbons (Fsp3) is 0.556. The number of nitrogen functional groups attached to an aromatic ring is 1. The second-order valence-electron chi connectivity index (χ2n) is 3.04. The first-order chi connectivity index (χ1) is 7.67. The molecule has 0 spiro atoms.